The number of hydrogen-bond acceptors (Lipinski definition) is 6. The first-order valence-corrected chi connectivity index (χ1v) is 6.62. The molecule has 1 saturated heterocycles. The van der Waals surface area contributed by atoms with E-state index < -0.39 is 0 Å². The molecule has 110 valence electrons. The number of furan rings is 1. The lowest BCUT2D eigenvalue weighted by Crippen LogP contribution is -2.30. The third kappa shape index (κ3) is 2.81. The molecule has 0 spiro atoms. The Hall–Kier alpha value is -2.57. The molecule has 0 N–H and O–H groups in total. The number of methoxy groups -OCH3 is 1. The molecule has 1 aliphatic heterocycles. The molecule has 21 heavy (non-hydrogen) atoms. The first-order valence-electron chi connectivity index (χ1n) is 6.62. The van der Waals surface area contributed by atoms with Crippen LogP contribution in [0.4, 0.5) is 0 Å². The van der Waals surface area contributed by atoms with Gasteiger partial charge in [0.2, 0.25) is 0 Å². The van der Waals surface area contributed by atoms with Crippen LogP contribution >= 0.6 is 0 Å². The van der Waals surface area contributed by atoms with E-state index in [4.69, 9.17) is 13.9 Å². The lowest BCUT2D eigenvalue weighted by atomic mass is 10.3. The number of carbonyl (C=O) groups is 1. The number of carbonyl (C=O) groups excluding carboxylic acids is 1. The minimum atomic E-state index is -0.130. The van der Waals surface area contributed by atoms with Crippen molar-refractivity contribution in [3.8, 4) is 11.8 Å². The molecule has 0 bridgehead atoms. The maximum absolute atomic E-state index is 12.2. The molecule has 2 aromatic rings. The summed E-state index contributed by atoms with van der Waals surface area (Å²) in [6.45, 7) is 1.10. The fourth-order valence-corrected chi connectivity index (χ4v) is 2.26. The van der Waals surface area contributed by atoms with Gasteiger partial charge < -0.3 is 18.8 Å². The number of ether oxygens (including phenoxy) is 2. The molecule has 2 aromatic heterocycles. The van der Waals surface area contributed by atoms with E-state index in [1.165, 1.54) is 19.6 Å². The molecule has 7 heteroatoms. The van der Waals surface area contributed by atoms with Crippen molar-refractivity contribution >= 4 is 5.91 Å². The SMILES string of the molecule is COc1nccnc1OC1CCN(C(=O)c2ccco2)C1. The van der Waals surface area contributed by atoms with Gasteiger partial charge in [-0.25, -0.2) is 9.97 Å². The largest absolute Gasteiger partial charge is 0.477 e. The predicted molar refractivity (Wildman–Crippen MR) is 72.2 cm³/mol. The van der Waals surface area contributed by atoms with Crippen LogP contribution in [0.2, 0.25) is 0 Å². The fourth-order valence-electron chi connectivity index (χ4n) is 2.26. The standard InChI is InChI=1S/C14H15N3O4/c1-19-12-13(16-6-5-15-12)21-10-4-7-17(9-10)14(18)11-3-2-8-20-11/h2-3,5-6,8,10H,4,7,9H2,1H3. The second-order valence-electron chi connectivity index (χ2n) is 4.63. The number of aromatic nitrogens is 2. The van der Waals surface area contributed by atoms with Crippen molar-refractivity contribution < 1.29 is 18.7 Å². The zero-order chi connectivity index (χ0) is 14.7. The van der Waals surface area contributed by atoms with Gasteiger partial charge in [-0.3, -0.25) is 4.79 Å². The van der Waals surface area contributed by atoms with E-state index in [9.17, 15) is 4.79 Å². The van der Waals surface area contributed by atoms with Crippen LogP contribution in [0.3, 0.4) is 0 Å². The van der Waals surface area contributed by atoms with Gasteiger partial charge in [0.15, 0.2) is 5.76 Å². The number of likely N-dealkylation sites (tertiary alicyclic amines) is 1. The Balaban J connectivity index is 1.63. The molecular weight excluding hydrogens is 274 g/mol. The minimum absolute atomic E-state index is 0.128. The highest BCUT2D eigenvalue weighted by Crippen LogP contribution is 2.24. The molecule has 0 saturated carbocycles. The molecule has 1 amide bonds. The second kappa shape index (κ2) is 5.82. The molecule has 0 aromatic carbocycles. The summed E-state index contributed by atoms with van der Waals surface area (Å²) >= 11 is 0. The first-order chi connectivity index (χ1) is 10.3. The average Bonchev–Trinajstić information content (AvgIpc) is 3.19. The maximum atomic E-state index is 12.2. The summed E-state index contributed by atoms with van der Waals surface area (Å²) in [5.74, 6) is 0.899. The summed E-state index contributed by atoms with van der Waals surface area (Å²) < 4.78 is 16.0. The molecular formula is C14H15N3O4. The highest BCUT2D eigenvalue weighted by atomic mass is 16.5. The zero-order valence-electron chi connectivity index (χ0n) is 11.6. The molecule has 1 atom stereocenters. The van der Waals surface area contributed by atoms with E-state index in [1.54, 1.807) is 23.2 Å². The Labute approximate surface area is 121 Å². The smallest absolute Gasteiger partial charge is 0.289 e. The van der Waals surface area contributed by atoms with Crippen molar-refractivity contribution in [2.24, 2.45) is 0 Å². The summed E-state index contributed by atoms with van der Waals surface area (Å²) in [4.78, 5) is 22.0. The van der Waals surface area contributed by atoms with Crippen LogP contribution < -0.4 is 9.47 Å². The number of nitrogens with zero attached hydrogens (tertiary/aromatic N) is 3. The Morgan fingerprint density at radius 3 is 2.90 bits per heavy atom. The maximum Gasteiger partial charge on any atom is 0.289 e. The summed E-state index contributed by atoms with van der Waals surface area (Å²) in [5, 5.41) is 0. The monoisotopic (exact) mass is 289 g/mol. The van der Waals surface area contributed by atoms with Crippen LogP contribution in [0.25, 0.3) is 0 Å². The minimum Gasteiger partial charge on any atom is -0.477 e. The van der Waals surface area contributed by atoms with Gasteiger partial charge in [-0.05, 0) is 12.1 Å². The van der Waals surface area contributed by atoms with Crippen molar-refractivity contribution in [1.29, 1.82) is 0 Å². The van der Waals surface area contributed by atoms with Gasteiger partial charge in [0.1, 0.15) is 6.10 Å². The van der Waals surface area contributed by atoms with Gasteiger partial charge in [-0.2, -0.15) is 0 Å². The first kappa shape index (κ1) is 13.4. The van der Waals surface area contributed by atoms with Crippen LogP contribution in [0.1, 0.15) is 17.0 Å². The Morgan fingerprint density at radius 1 is 1.38 bits per heavy atom. The summed E-state index contributed by atoms with van der Waals surface area (Å²) in [6.07, 6.45) is 5.16. The number of amides is 1. The normalized spacial score (nSPS) is 17.8. The fraction of sp³-hybridized carbons (Fsp3) is 0.357. The van der Waals surface area contributed by atoms with Gasteiger partial charge in [-0.1, -0.05) is 0 Å². The summed E-state index contributed by atoms with van der Waals surface area (Å²) in [5.41, 5.74) is 0. The van der Waals surface area contributed by atoms with Crippen LogP contribution in [-0.4, -0.2) is 47.1 Å². The Kier molecular flexibility index (Phi) is 3.72. The van der Waals surface area contributed by atoms with Gasteiger partial charge in [0.25, 0.3) is 17.7 Å². The highest BCUT2D eigenvalue weighted by molar-refractivity contribution is 5.91. The topological polar surface area (TPSA) is 77.7 Å². The van der Waals surface area contributed by atoms with E-state index in [2.05, 4.69) is 9.97 Å². The van der Waals surface area contributed by atoms with E-state index in [0.29, 0.717) is 30.6 Å². The zero-order valence-corrected chi connectivity index (χ0v) is 11.6. The summed E-state index contributed by atoms with van der Waals surface area (Å²) in [6, 6.07) is 3.35. The summed E-state index contributed by atoms with van der Waals surface area (Å²) in [7, 11) is 1.51. The van der Waals surface area contributed by atoms with Crippen LogP contribution in [0, 0.1) is 0 Å². The predicted octanol–water partition coefficient (Wildman–Crippen LogP) is 1.37. The van der Waals surface area contributed by atoms with E-state index >= 15 is 0 Å². The van der Waals surface area contributed by atoms with E-state index in [-0.39, 0.29) is 12.0 Å². The van der Waals surface area contributed by atoms with Gasteiger partial charge in [0, 0.05) is 25.4 Å². The molecule has 3 rings (SSSR count). The van der Waals surface area contributed by atoms with Gasteiger partial charge in [-0.15, -0.1) is 0 Å². The lowest BCUT2D eigenvalue weighted by molar-refractivity contribution is 0.0739. The van der Waals surface area contributed by atoms with E-state index in [0.717, 1.165) is 6.42 Å². The number of rotatable bonds is 4. The number of hydrogen-bond donors (Lipinski definition) is 0. The molecule has 7 nitrogen and oxygen atoms in total. The van der Waals surface area contributed by atoms with Gasteiger partial charge >= 0.3 is 0 Å². The third-order valence-corrected chi connectivity index (χ3v) is 3.27. The van der Waals surface area contributed by atoms with Crippen LogP contribution in [-0.2, 0) is 0 Å². The van der Waals surface area contributed by atoms with Crippen molar-refractivity contribution in [2.75, 3.05) is 20.2 Å². The third-order valence-electron chi connectivity index (χ3n) is 3.27. The second-order valence-corrected chi connectivity index (χ2v) is 4.63. The Morgan fingerprint density at radius 2 is 2.19 bits per heavy atom. The lowest BCUT2D eigenvalue weighted by Gasteiger charge is -2.16. The van der Waals surface area contributed by atoms with Gasteiger partial charge in [0.05, 0.1) is 19.9 Å². The van der Waals surface area contributed by atoms with Crippen molar-refractivity contribution in [3.05, 3.63) is 36.5 Å². The quantitative estimate of drug-likeness (QED) is 0.846. The van der Waals surface area contributed by atoms with Crippen molar-refractivity contribution in [3.63, 3.8) is 0 Å². The molecule has 3 heterocycles. The molecule has 0 radical (unpaired) electrons. The van der Waals surface area contributed by atoms with Crippen LogP contribution in [0.5, 0.6) is 11.8 Å². The molecule has 1 fully saturated rings. The highest BCUT2D eigenvalue weighted by Gasteiger charge is 2.30. The molecule has 1 aliphatic rings. The Bertz CT molecular complexity index is 614. The van der Waals surface area contributed by atoms with E-state index in [1.807, 2.05) is 0 Å². The molecule has 1 unspecified atom stereocenters. The van der Waals surface area contributed by atoms with Crippen molar-refractivity contribution in [1.82, 2.24) is 14.9 Å². The average molecular weight is 289 g/mol. The molecule has 0 aliphatic carbocycles. The van der Waals surface area contributed by atoms with Crippen molar-refractivity contribution in [2.45, 2.75) is 12.5 Å². The van der Waals surface area contributed by atoms with Crippen LogP contribution in [0.15, 0.2) is 35.2 Å².